The largest absolute Gasteiger partial charge is 0.378 e. The van der Waals surface area contributed by atoms with E-state index in [2.05, 4.69) is 10.6 Å². The van der Waals surface area contributed by atoms with E-state index in [9.17, 15) is 9.18 Å². The van der Waals surface area contributed by atoms with Gasteiger partial charge in [0.1, 0.15) is 5.82 Å². The number of amides is 2. The number of rotatable bonds is 2. The summed E-state index contributed by atoms with van der Waals surface area (Å²) < 4.78 is 24.5. The molecule has 2 N–H and O–H groups in total. The van der Waals surface area contributed by atoms with Gasteiger partial charge in [-0.25, -0.2) is 9.18 Å². The van der Waals surface area contributed by atoms with E-state index in [1.54, 1.807) is 6.07 Å². The van der Waals surface area contributed by atoms with Crippen LogP contribution in [-0.4, -0.2) is 37.5 Å². The molecule has 0 aromatic heterocycles. The van der Waals surface area contributed by atoms with Crippen molar-refractivity contribution in [3.05, 3.63) is 29.6 Å². The lowest BCUT2D eigenvalue weighted by molar-refractivity contribution is -0.0877. The molecule has 2 amide bonds. The second kappa shape index (κ2) is 6.22. The first-order valence-electron chi connectivity index (χ1n) is 7.62. The highest BCUT2D eigenvalue weighted by Gasteiger charge is 2.41. The van der Waals surface area contributed by atoms with Crippen molar-refractivity contribution < 1.29 is 18.7 Å². The predicted octanol–water partition coefficient (Wildman–Crippen LogP) is 2.59. The van der Waals surface area contributed by atoms with Crippen LogP contribution in [0.25, 0.3) is 0 Å². The zero-order valence-electron chi connectivity index (χ0n) is 12.7. The molecule has 0 unspecified atom stereocenters. The van der Waals surface area contributed by atoms with Gasteiger partial charge in [-0.05, 0) is 37.5 Å². The van der Waals surface area contributed by atoms with Gasteiger partial charge in [0.05, 0.1) is 12.2 Å². The van der Waals surface area contributed by atoms with E-state index in [1.165, 1.54) is 12.1 Å². The van der Waals surface area contributed by atoms with Crippen LogP contribution < -0.4 is 10.6 Å². The first kappa shape index (κ1) is 15.2. The fourth-order valence-electron chi connectivity index (χ4n) is 3.09. The van der Waals surface area contributed by atoms with Crippen molar-refractivity contribution >= 4 is 11.7 Å². The van der Waals surface area contributed by atoms with Crippen molar-refractivity contribution in [2.24, 2.45) is 0 Å². The lowest BCUT2D eigenvalue weighted by Crippen LogP contribution is -2.49. The van der Waals surface area contributed by atoms with Crippen LogP contribution in [0.1, 0.15) is 24.8 Å². The first-order chi connectivity index (χ1) is 10.6. The number of hydrogen-bond donors (Lipinski definition) is 2. The second-order valence-corrected chi connectivity index (χ2v) is 6.08. The van der Waals surface area contributed by atoms with E-state index in [0.29, 0.717) is 25.5 Å². The van der Waals surface area contributed by atoms with Crippen LogP contribution in [0.5, 0.6) is 0 Å². The van der Waals surface area contributed by atoms with Crippen molar-refractivity contribution in [2.75, 3.05) is 25.1 Å². The Kier molecular flexibility index (Phi) is 4.31. The molecular formula is C16H21FN2O3. The summed E-state index contributed by atoms with van der Waals surface area (Å²) in [6.45, 7) is 3.75. The number of aryl methyl sites for hydroxylation is 1. The maximum atomic E-state index is 13.3. The smallest absolute Gasteiger partial charge is 0.319 e. The third kappa shape index (κ3) is 3.39. The quantitative estimate of drug-likeness (QED) is 0.883. The summed E-state index contributed by atoms with van der Waals surface area (Å²) in [5, 5.41) is 5.67. The fraction of sp³-hybridized carbons (Fsp3) is 0.562. The van der Waals surface area contributed by atoms with E-state index in [1.807, 2.05) is 6.92 Å². The molecule has 22 heavy (non-hydrogen) atoms. The van der Waals surface area contributed by atoms with Crippen molar-refractivity contribution in [1.29, 1.82) is 0 Å². The molecule has 120 valence electrons. The summed E-state index contributed by atoms with van der Waals surface area (Å²) in [6, 6.07) is 4.08. The van der Waals surface area contributed by atoms with Gasteiger partial charge in [0.15, 0.2) is 0 Å². The molecule has 0 aliphatic carbocycles. The Labute approximate surface area is 129 Å². The summed E-state index contributed by atoms with van der Waals surface area (Å²) >= 11 is 0. The van der Waals surface area contributed by atoms with Crippen molar-refractivity contribution in [3.8, 4) is 0 Å². The molecule has 2 saturated heterocycles. The Morgan fingerprint density at radius 2 is 2.27 bits per heavy atom. The molecule has 0 radical (unpaired) electrons. The van der Waals surface area contributed by atoms with Crippen LogP contribution in [0.4, 0.5) is 14.9 Å². The predicted molar refractivity (Wildman–Crippen MR) is 80.4 cm³/mol. The Morgan fingerprint density at radius 3 is 3.05 bits per heavy atom. The number of halogens is 1. The van der Waals surface area contributed by atoms with Gasteiger partial charge in [-0.15, -0.1) is 0 Å². The van der Waals surface area contributed by atoms with Gasteiger partial charge >= 0.3 is 6.03 Å². The van der Waals surface area contributed by atoms with Gasteiger partial charge in [0.2, 0.25) is 0 Å². The number of carbonyl (C=O) groups is 1. The Bertz CT molecular complexity index is 558. The zero-order valence-corrected chi connectivity index (χ0v) is 12.7. The number of carbonyl (C=O) groups excluding carboxylic acids is 1. The van der Waals surface area contributed by atoms with E-state index in [-0.39, 0.29) is 23.5 Å². The molecule has 2 heterocycles. The molecule has 1 aromatic carbocycles. The monoisotopic (exact) mass is 308 g/mol. The SMILES string of the molecule is Cc1ccc(F)cc1NC(=O)N[C@@H]1CCO[C@@]2(CCOC2)C1. The van der Waals surface area contributed by atoms with Crippen LogP contribution in [0.3, 0.4) is 0 Å². The van der Waals surface area contributed by atoms with Gasteiger partial charge in [-0.2, -0.15) is 0 Å². The zero-order chi connectivity index (χ0) is 15.6. The first-order valence-corrected chi connectivity index (χ1v) is 7.62. The standard InChI is InChI=1S/C16H21FN2O3/c1-11-2-3-12(17)8-14(11)19-15(20)18-13-4-6-22-16(9-13)5-7-21-10-16/h2-3,8,13H,4-7,9-10H2,1H3,(H2,18,19,20)/t13-,16+/m1/s1. The van der Waals surface area contributed by atoms with Gasteiger partial charge in [-0.3, -0.25) is 0 Å². The number of anilines is 1. The Balaban J connectivity index is 1.58. The molecule has 2 aliphatic heterocycles. The third-order valence-corrected chi connectivity index (χ3v) is 4.34. The summed E-state index contributed by atoms with van der Waals surface area (Å²) in [7, 11) is 0. The summed E-state index contributed by atoms with van der Waals surface area (Å²) in [4.78, 5) is 12.1. The van der Waals surface area contributed by atoms with Gasteiger partial charge in [0, 0.05) is 31.4 Å². The molecule has 1 spiro atoms. The summed E-state index contributed by atoms with van der Waals surface area (Å²) in [6.07, 6.45) is 2.40. The number of hydrogen-bond acceptors (Lipinski definition) is 3. The lowest BCUT2D eigenvalue weighted by Gasteiger charge is -2.37. The van der Waals surface area contributed by atoms with Crippen LogP contribution in [0, 0.1) is 12.7 Å². The highest BCUT2D eigenvalue weighted by Crippen LogP contribution is 2.32. The van der Waals surface area contributed by atoms with E-state index < -0.39 is 0 Å². The number of nitrogens with one attached hydrogen (secondary N) is 2. The molecule has 0 bridgehead atoms. The van der Waals surface area contributed by atoms with E-state index in [4.69, 9.17) is 9.47 Å². The van der Waals surface area contributed by atoms with Crippen molar-refractivity contribution in [3.63, 3.8) is 0 Å². The minimum absolute atomic E-state index is 0.0457. The highest BCUT2D eigenvalue weighted by atomic mass is 19.1. The Hall–Kier alpha value is -1.66. The second-order valence-electron chi connectivity index (χ2n) is 6.08. The average molecular weight is 308 g/mol. The maximum absolute atomic E-state index is 13.3. The number of urea groups is 1. The molecule has 5 nitrogen and oxygen atoms in total. The van der Waals surface area contributed by atoms with Crippen LogP contribution in [-0.2, 0) is 9.47 Å². The molecule has 3 rings (SSSR count). The molecule has 1 aromatic rings. The topological polar surface area (TPSA) is 59.6 Å². The molecule has 6 heteroatoms. The summed E-state index contributed by atoms with van der Waals surface area (Å²) in [5.74, 6) is -0.367. The van der Waals surface area contributed by atoms with Gasteiger partial charge in [0.25, 0.3) is 0 Å². The Morgan fingerprint density at radius 1 is 1.41 bits per heavy atom. The van der Waals surface area contributed by atoms with Crippen LogP contribution in [0.15, 0.2) is 18.2 Å². The lowest BCUT2D eigenvalue weighted by atomic mass is 9.90. The molecular weight excluding hydrogens is 287 g/mol. The van der Waals surface area contributed by atoms with E-state index >= 15 is 0 Å². The normalized spacial score (nSPS) is 27.8. The van der Waals surface area contributed by atoms with Crippen molar-refractivity contribution in [1.82, 2.24) is 5.32 Å². The average Bonchev–Trinajstić information content (AvgIpc) is 2.90. The number of ether oxygens (including phenoxy) is 2. The molecule has 2 aliphatic rings. The van der Waals surface area contributed by atoms with Gasteiger partial charge in [-0.1, -0.05) is 6.07 Å². The number of benzene rings is 1. The molecule has 2 atom stereocenters. The molecule has 0 saturated carbocycles. The van der Waals surface area contributed by atoms with Crippen molar-refractivity contribution in [2.45, 2.75) is 37.8 Å². The van der Waals surface area contributed by atoms with E-state index in [0.717, 1.165) is 24.8 Å². The summed E-state index contributed by atoms with van der Waals surface area (Å²) in [5.41, 5.74) is 1.07. The third-order valence-electron chi connectivity index (χ3n) is 4.34. The fourth-order valence-corrected chi connectivity index (χ4v) is 3.09. The molecule has 2 fully saturated rings. The van der Waals surface area contributed by atoms with Crippen LogP contribution >= 0.6 is 0 Å². The maximum Gasteiger partial charge on any atom is 0.319 e. The minimum Gasteiger partial charge on any atom is -0.378 e. The minimum atomic E-state index is -0.367. The highest BCUT2D eigenvalue weighted by molar-refractivity contribution is 5.90. The van der Waals surface area contributed by atoms with Gasteiger partial charge < -0.3 is 20.1 Å². The van der Waals surface area contributed by atoms with Crippen LogP contribution in [0.2, 0.25) is 0 Å².